The van der Waals surface area contributed by atoms with Crippen molar-refractivity contribution in [2.24, 2.45) is 0 Å². The van der Waals surface area contributed by atoms with Gasteiger partial charge in [-0.25, -0.2) is 0 Å². The van der Waals surface area contributed by atoms with Gasteiger partial charge in [-0.15, -0.1) is 0 Å². The quantitative estimate of drug-likeness (QED) is 0.0159. The lowest BCUT2D eigenvalue weighted by Gasteiger charge is -2.31. The van der Waals surface area contributed by atoms with Gasteiger partial charge in [0.05, 0.1) is 0 Å². The largest absolute Gasteiger partial charge is 0.462 e. The van der Waals surface area contributed by atoms with Crippen molar-refractivity contribution in [3.05, 3.63) is 0 Å². The van der Waals surface area contributed by atoms with Crippen LogP contribution >= 0.6 is 0 Å². The summed E-state index contributed by atoms with van der Waals surface area (Å²) in [7, 11) is 1.79. The molecular weight excluding hydrogens is 1470 g/mol. The van der Waals surface area contributed by atoms with E-state index < -0.39 is 48.0 Å². The van der Waals surface area contributed by atoms with E-state index in [2.05, 4.69) is 76.7 Å². The second-order valence-corrected chi connectivity index (χ2v) is 33.5. The van der Waals surface area contributed by atoms with Gasteiger partial charge in [0.25, 0.3) is 0 Å². The van der Waals surface area contributed by atoms with Crippen molar-refractivity contribution >= 4 is 47.5 Å². The number of carbonyl (C=O) groups excluding carboxylic acids is 8. The van der Waals surface area contributed by atoms with E-state index >= 15 is 0 Å². The van der Waals surface area contributed by atoms with Crippen LogP contribution in [-0.2, 0) is 57.3 Å². The maximum Gasteiger partial charge on any atom is 0.306 e. The number of hydrogen-bond acceptors (Lipinski definition) is 19. The van der Waals surface area contributed by atoms with E-state index in [0.29, 0.717) is 0 Å². The van der Waals surface area contributed by atoms with Gasteiger partial charge in [0, 0.05) is 104 Å². The second kappa shape index (κ2) is 80.2. The zero-order chi connectivity index (χ0) is 85.7. The first-order chi connectivity index (χ1) is 56.2. The van der Waals surface area contributed by atoms with E-state index in [1.54, 1.807) is 16.8 Å². The van der Waals surface area contributed by atoms with Crippen LogP contribution in [0.2, 0.25) is 0 Å². The maximum atomic E-state index is 13.6. The molecular formula is C93H179N7O16. The third-order valence-electron chi connectivity index (χ3n) is 22.2. The number of carbonyl (C=O) groups is 8. The average molecular weight is 1650 g/mol. The molecule has 0 aliphatic heterocycles. The lowest BCUT2D eigenvalue weighted by Crippen LogP contribution is -2.51. The maximum absolute atomic E-state index is 13.6. The molecule has 4 amide bonds. The average Bonchev–Trinajstić information content (AvgIpc) is 0.894. The molecule has 0 aromatic heterocycles. The van der Waals surface area contributed by atoms with Gasteiger partial charge in [-0.2, -0.15) is 0 Å². The van der Waals surface area contributed by atoms with Crippen LogP contribution in [-0.4, -0.2) is 217 Å². The number of aliphatic hydroxyl groups excluding tert-OH is 4. The summed E-state index contributed by atoms with van der Waals surface area (Å²) in [4.78, 5) is 112. The van der Waals surface area contributed by atoms with E-state index in [1.807, 2.05) is 4.90 Å². The standard InChI is InChI=1S/C93H179N7O16/c1-10-18-26-34-42-54-78(55-43-35-27-19-11-2)113-86(105)62-50-66-94-90(109)82(101)74-99(75-83(102)91(110)95-67-51-63-87(106)114-79(56-44-36-28-20-12-3)57-45-37-29-21-13-4)72-70-98(9)71-73-100(76-84(103)92(111)96-68-52-64-88(107)115-80(58-46-38-30-22-14-5)59-47-39-31-23-15-6)77-85(104)93(112)97-69-53-65-89(108)116-81(60-48-40-32-24-16-7)61-49-41-33-25-17-8/h78-85,101-104H,10-77H2,1-9H3,(H,94,109)(H,95,110)(H,96,111)(H,97,112). The fourth-order valence-electron chi connectivity index (χ4n) is 14.6. The number of ether oxygens (including phenoxy) is 4. The van der Waals surface area contributed by atoms with Gasteiger partial charge in [0.15, 0.2) is 0 Å². The second-order valence-electron chi connectivity index (χ2n) is 33.5. The fourth-order valence-corrected chi connectivity index (χ4v) is 14.6. The fraction of sp³-hybridized carbons (Fsp3) is 0.914. The molecule has 0 rings (SSSR count). The molecule has 0 fully saturated rings. The van der Waals surface area contributed by atoms with Crippen molar-refractivity contribution in [3.8, 4) is 0 Å². The summed E-state index contributed by atoms with van der Waals surface area (Å²) in [6, 6.07) is 0. The molecule has 0 aromatic rings. The molecule has 0 aromatic carbocycles. The summed E-state index contributed by atoms with van der Waals surface area (Å²) in [5.41, 5.74) is 0. The van der Waals surface area contributed by atoms with Gasteiger partial charge in [-0.1, -0.05) is 261 Å². The number of likely N-dealkylation sites (N-methyl/N-ethyl adjacent to an activating group) is 1. The van der Waals surface area contributed by atoms with Gasteiger partial charge in [0.2, 0.25) is 23.6 Å². The van der Waals surface area contributed by atoms with Crippen LogP contribution in [0.25, 0.3) is 0 Å². The van der Waals surface area contributed by atoms with Crippen LogP contribution in [0.1, 0.15) is 415 Å². The molecule has 0 radical (unpaired) electrons. The summed E-state index contributed by atoms with van der Waals surface area (Å²) in [5.74, 6) is -4.10. The lowest BCUT2D eigenvalue weighted by molar-refractivity contribution is -0.151. The number of esters is 4. The Labute approximate surface area is 707 Å². The van der Waals surface area contributed by atoms with Gasteiger partial charge in [-0.05, 0) is 135 Å². The molecule has 0 aliphatic rings. The van der Waals surface area contributed by atoms with E-state index in [4.69, 9.17) is 18.9 Å². The summed E-state index contributed by atoms with van der Waals surface area (Å²) < 4.78 is 24.0. The SMILES string of the molecule is CCCCCCCC(CCCCCCC)OC(=O)CCCNC(=O)C(O)CN(CCN(C)CCN(CC(O)C(=O)NCCCC(=O)OC(CCCCCCC)CCCCCCC)CC(O)C(=O)NCCCC(=O)OC(CCCCCCC)CCCCCCC)CC(O)C(=O)NCCCC(=O)OC(CCCCCCC)CCCCCCC. The van der Waals surface area contributed by atoms with Crippen LogP contribution < -0.4 is 21.3 Å². The summed E-state index contributed by atoms with van der Waals surface area (Å²) in [5, 5.41) is 56.9. The Morgan fingerprint density at radius 1 is 0.241 bits per heavy atom. The van der Waals surface area contributed by atoms with Crippen LogP contribution in [0.15, 0.2) is 0 Å². The van der Waals surface area contributed by atoms with E-state index in [9.17, 15) is 58.8 Å². The monoisotopic (exact) mass is 1650 g/mol. The first kappa shape index (κ1) is 111. The molecule has 682 valence electrons. The van der Waals surface area contributed by atoms with Gasteiger partial charge >= 0.3 is 23.9 Å². The number of nitrogens with zero attached hydrogens (tertiary/aromatic N) is 3. The highest BCUT2D eigenvalue weighted by molar-refractivity contribution is 5.82. The third-order valence-corrected chi connectivity index (χ3v) is 22.2. The molecule has 0 heterocycles. The Morgan fingerprint density at radius 2 is 0.405 bits per heavy atom. The number of aliphatic hydroxyl groups is 4. The van der Waals surface area contributed by atoms with E-state index in [1.165, 1.54) is 51.4 Å². The molecule has 8 N–H and O–H groups in total. The minimum atomic E-state index is -1.61. The predicted molar refractivity (Wildman–Crippen MR) is 470 cm³/mol. The molecule has 116 heavy (non-hydrogen) atoms. The first-order valence-electron chi connectivity index (χ1n) is 47.9. The first-order valence-corrected chi connectivity index (χ1v) is 47.9. The van der Waals surface area contributed by atoms with Crippen molar-refractivity contribution in [2.75, 3.05) is 85.6 Å². The normalized spacial score (nSPS) is 12.8. The minimum Gasteiger partial charge on any atom is -0.462 e. The highest BCUT2D eigenvalue weighted by atomic mass is 16.6. The van der Waals surface area contributed by atoms with Crippen molar-refractivity contribution in [1.29, 1.82) is 0 Å². The van der Waals surface area contributed by atoms with Crippen molar-refractivity contribution in [3.63, 3.8) is 0 Å². The molecule has 0 saturated carbocycles. The van der Waals surface area contributed by atoms with Gasteiger partial charge < -0.3 is 65.5 Å². The Hall–Kier alpha value is -4.52. The number of hydrogen-bond donors (Lipinski definition) is 8. The smallest absolute Gasteiger partial charge is 0.306 e. The van der Waals surface area contributed by atoms with E-state index in [0.717, 1.165) is 257 Å². The lowest BCUT2D eigenvalue weighted by atomic mass is 10.0. The summed E-state index contributed by atoms with van der Waals surface area (Å²) >= 11 is 0. The molecule has 23 heteroatoms. The van der Waals surface area contributed by atoms with Crippen LogP contribution in [0.5, 0.6) is 0 Å². The Kier molecular flexibility index (Phi) is 77.1. The molecule has 4 atom stereocenters. The zero-order valence-electron chi connectivity index (χ0n) is 75.7. The van der Waals surface area contributed by atoms with Crippen molar-refractivity contribution in [2.45, 2.75) is 464 Å². The minimum absolute atomic E-state index is 0.0886. The Bertz CT molecular complexity index is 2000. The molecule has 0 aliphatic carbocycles. The summed E-state index contributed by atoms with van der Waals surface area (Å²) in [6.07, 6.45) is 45.7. The van der Waals surface area contributed by atoms with Crippen molar-refractivity contribution < 1.29 is 77.7 Å². The highest BCUT2D eigenvalue weighted by Crippen LogP contribution is 2.23. The number of amides is 4. The van der Waals surface area contributed by atoms with E-state index in [-0.39, 0.29) is 178 Å². The number of unbranched alkanes of at least 4 members (excludes halogenated alkanes) is 32. The molecule has 0 bridgehead atoms. The highest BCUT2D eigenvalue weighted by Gasteiger charge is 2.28. The van der Waals surface area contributed by atoms with Crippen LogP contribution in [0.3, 0.4) is 0 Å². The predicted octanol–water partition coefficient (Wildman–Crippen LogP) is 17.1. The summed E-state index contributed by atoms with van der Waals surface area (Å²) in [6.45, 7) is 17.4. The molecule has 0 saturated heterocycles. The van der Waals surface area contributed by atoms with Gasteiger partial charge in [0.1, 0.15) is 48.8 Å². The Morgan fingerprint density at radius 3 is 0.569 bits per heavy atom. The van der Waals surface area contributed by atoms with Crippen LogP contribution in [0, 0.1) is 0 Å². The number of nitrogens with one attached hydrogen (secondary N) is 4. The molecule has 0 spiro atoms. The molecule has 23 nitrogen and oxygen atoms in total. The van der Waals surface area contributed by atoms with Crippen molar-refractivity contribution in [1.82, 2.24) is 36.0 Å². The van der Waals surface area contributed by atoms with Crippen LogP contribution in [0.4, 0.5) is 0 Å². The third kappa shape index (κ3) is 68.2. The zero-order valence-corrected chi connectivity index (χ0v) is 75.7. The Balaban J connectivity index is 6.58. The van der Waals surface area contributed by atoms with Gasteiger partial charge in [-0.3, -0.25) is 48.2 Å². The topological polar surface area (TPSA) is 312 Å². The number of rotatable bonds is 86. The molecule has 4 unspecified atom stereocenters.